The molecule has 0 N–H and O–H groups in total. The molecule has 0 radical (unpaired) electrons. The van der Waals surface area contributed by atoms with Crippen LogP contribution in [0.5, 0.6) is 0 Å². The predicted octanol–water partition coefficient (Wildman–Crippen LogP) is 3.54. The van der Waals surface area contributed by atoms with Crippen molar-refractivity contribution < 1.29 is 0 Å². The minimum atomic E-state index is -0.905. The molecule has 1 aliphatic heterocycles. The van der Waals surface area contributed by atoms with Crippen molar-refractivity contribution >= 4 is 21.4 Å². The van der Waals surface area contributed by atoms with E-state index in [0.29, 0.717) is 0 Å². The van der Waals surface area contributed by atoms with E-state index < -0.39 is 21.4 Å². The van der Waals surface area contributed by atoms with Crippen LogP contribution in [-0.2, 0) is 0 Å². The van der Waals surface area contributed by atoms with E-state index in [9.17, 15) is 0 Å². The Labute approximate surface area is 103 Å². The monoisotopic (exact) mass is 311 g/mol. The van der Waals surface area contributed by atoms with Crippen LogP contribution < -0.4 is 0 Å². The van der Waals surface area contributed by atoms with E-state index in [0.717, 1.165) is 6.04 Å². The average Bonchev–Trinajstić information content (AvgIpc) is 2.24. The SMILES string of the molecule is [CH3][In]1[CH2]CCN(C2CCCCC2)CC[CH2]1. The van der Waals surface area contributed by atoms with E-state index in [4.69, 9.17) is 0 Å². The molecule has 0 atom stereocenters. The van der Waals surface area contributed by atoms with Crippen LogP contribution in [-0.4, -0.2) is 45.5 Å². The van der Waals surface area contributed by atoms with E-state index in [-0.39, 0.29) is 0 Å². The maximum atomic E-state index is 2.84. The molecule has 15 heavy (non-hydrogen) atoms. The van der Waals surface area contributed by atoms with Gasteiger partial charge >= 0.3 is 103 Å². The van der Waals surface area contributed by atoms with Crippen molar-refractivity contribution in [1.29, 1.82) is 0 Å². The van der Waals surface area contributed by atoms with Crippen molar-refractivity contribution in [1.82, 2.24) is 4.90 Å². The Morgan fingerprint density at radius 3 is 2.07 bits per heavy atom. The fourth-order valence-electron chi connectivity index (χ4n) is 3.35. The number of nitrogens with zero attached hydrogens (tertiary/aromatic N) is 1. The van der Waals surface area contributed by atoms with Crippen molar-refractivity contribution in [2.24, 2.45) is 0 Å². The molecule has 1 aliphatic carbocycles. The summed E-state index contributed by atoms with van der Waals surface area (Å²) in [7, 11) is 0. The first-order valence-corrected chi connectivity index (χ1v) is 15.1. The third-order valence-corrected chi connectivity index (χ3v) is 12.3. The molecule has 0 unspecified atom stereocenters. The van der Waals surface area contributed by atoms with Crippen molar-refractivity contribution in [3.8, 4) is 0 Å². The predicted molar refractivity (Wildman–Crippen MR) is 68.9 cm³/mol. The summed E-state index contributed by atoms with van der Waals surface area (Å²) in [5.74, 6) is 0. The van der Waals surface area contributed by atoms with Gasteiger partial charge in [-0.25, -0.2) is 0 Å². The first-order valence-electron chi connectivity index (χ1n) is 7.10. The first kappa shape index (κ1) is 12.3. The van der Waals surface area contributed by atoms with E-state index in [2.05, 4.69) is 9.58 Å². The molecule has 2 aliphatic rings. The minimum absolute atomic E-state index is 0.905. The average molecular weight is 311 g/mol. The van der Waals surface area contributed by atoms with Crippen molar-refractivity contribution in [3.63, 3.8) is 0 Å². The van der Waals surface area contributed by atoms with E-state index in [1.807, 2.05) is 0 Å². The van der Waals surface area contributed by atoms with E-state index in [1.54, 1.807) is 8.35 Å². The van der Waals surface area contributed by atoms with Gasteiger partial charge in [0.25, 0.3) is 0 Å². The van der Waals surface area contributed by atoms with Gasteiger partial charge in [-0.2, -0.15) is 0 Å². The van der Waals surface area contributed by atoms with Gasteiger partial charge in [-0.3, -0.25) is 0 Å². The van der Waals surface area contributed by atoms with Crippen LogP contribution in [0.3, 0.4) is 0 Å². The Bertz CT molecular complexity index is 167. The quantitative estimate of drug-likeness (QED) is 0.716. The molecule has 86 valence electrons. The van der Waals surface area contributed by atoms with Gasteiger partial charge in [0.05, 0.1) is 0 Å². The Kier molecular flexibility index (Phi) is 5.36. The summed E-state index contributed by atoms with van der Waals surface area (Å²) in [6.45, 7) is 2.87. The summed E-state index contributed by atoms with van der Waals surface area (Å²) in [5.41, 5.74) is 0. The second-order valence-electron chi connectivity index (χ2n) is 5.72. The Hall–Kier alpha value is 0.830. The van der Waals surface area contributed by atoms with Gasteiger partial charge in [0.2, 0.25) is 0 Å². The standard InChI is InChI=1S/C12H23N.CH3.In/c1-3-10-13(11-4-2)12-8-6-5-7-9-12;;/h12H,1-11H2;1H3;. The van der Waals surface area contributed by atoms with Crippen LogP contribution in [0.4, 0.5) is 0 Å². The Morgan fingerprint density at radius 1 is 0.867 bits per heavy atom. The van der Waals surface area contributed by atoms with E-state index >= 15 is 0 Å². The zero-order chi connectivity index (χ0) is 10.5. The Morgan fingerprint density at radius 2 is 1.47 bits per heavy atom. The fraction of sp³-hybridized carbons (Fsp3) is 1.00. The van der Waals surface area contributed by atoms with Gasteiger partial charge in [-0.05, 0) is 0 Å². The fourth-order valence-corrected chi connectivity index (χ4v) is 9.20. The van der Waals surface area contributed by atoms with Crippen molar-refractivity contribution in [2.75, 3.05) is 13.1 Å². The molecule has 1 saturated carbocycles. The summed E-state index contributed by atoms with van der Waals surface area (Å²) in [4.78, 5) is 2.84. The van der Waals surface area contributed by atoms with Crippen molar-refractivity contribution in [2.45, 2.75) is 64.0 Å². The third kappa shape index (κ3) is 3.96. The van der Waals surface area contributed by atoms with Crippen LogP contribution in [0, 0.1) is 0 Å². The van der Waals surface area contributed by atoms with Gasteiger partial charge in [-0.1, -0.05) is 0 Å². The van der Waals surface area contributed by atoms with Crippen LogP contribution >= 0.6 is 0 Å². The molecule has 0 spiro atoms. The molecular weight excluding hydrogens is 285 g/mol. The number of rotatable bonds is 1. The zero-order valence-corrected chi connectivity index (χ0v) is 13.7. The molecule has 1 saturated heterocycles. The van der Waals surface area contributed by atoms with Crippen LogP contribution in [0.2, 0.25) is 13.0 Å². The summed E-state index contributed by atoms with van der Waals surface area (Å²) >= 11 is -0.905. The molecule has 0 bridgehead atoms. The molecular formula is C13H26InN. The zero-order valence-electron chi connectivity index (χ0n) is 10.4. The molecule has 0 aromatic heterocycles. The summed E-state index contributed by atoms with van der Waals surface area (Å²) < 4.78 is 5.98. The normalized spacial score (nSPS) is 27.4. The van der Waals surface area contributed by atoms with Gasteiger partial charge in [0, 0.05) is 0 Å². The molecule has 1 nitrogen and oxygen atoms in total. The second-order valence-corrected chi connectivity index (χ2v) is 15.3. The number of hydrogen-bond donors (Lipinski definition) is 0. The summed E-state index contributed by atoms with van der Waals surface area (Å²) in [6.07, 6.45) is 10.6. The molecule has 0 aromatic rings. The second kappa shape index (κ2) is 6.54. The van der Waals surface area contributed by atoms with E-state index in [1.165, 1.54) is 58.0 Å². The van der Waals surface area contributed by atoms with Crippen LogP contribution in [0.25, 0.3) is 0 Å². The molecule has 2 heteroatoms. The first-order chi connectivity index (χ1) is 7.36. The maximum absolute atomic E-state index is 2.84. The van der Waals surface area contributed by atoms with Gasteiger partial charge in [0.15, 0.2) is 0 Å². The van der Waals surface area contributed by atoms with Gasteiger partial charge in [-0.15, -0.1) is 0 Å². The Balaban J connectivity index is 1.80. The topological polar surface area (TPSA) is 3.24 Å². The van der Waals surface area contributed by atoms with Crippen LogP contribution in [0.15, 0.2) is 0 Å². The number of hydrogen-bond acceptors (Lipinski definition) is 1. The third-order valence-electron chi connectivity index (χ3n) is 4.38. The molecule has 1 heterocycles. The van der Waals surface area contributed by atoms with Crippen molar-refractivity contribution in [3.05, 3.63) is 0 Å². The summed E-state index contributed by atoms with van der Waals surface area (Å²) in [6, 6.07) is 0.974. The van der Waals surface area contributed by atoms with Gasteiger partial charge < -0.3 is 0 Å². The molecule has 0 aromatic carbocycles. The molecule has 2 rings (SSSR count). The van der Waals surface area contributed by atoms with Crippen LogP contribution in [0.1, 0.15) is 44.9 Å². The molecule has 2 fully saturated rings. The van der Waals surface area contributed by atoms with Gasteiger partial charge in [0.1, 0.15) is 0 Å². The molecule has 0 amide bonds. The summed E-state index contributed by atoms with van der Waals surface area (Å²) in [5, 5.41) is 0.